The Balaban J connectivity index is 1.62. The van der Waals surface area contributed by atoms with E-state index in [1.165, 1.54) is 28.9 Å². The molecule has 1 atom stereocenters. The number of allylic oxidation sites excluding steroid dienone is 6. The number of nitrogens with one attached hydrogen (secondary N) is 1. The van der Waals surface area contributed by atoms with Gasteiger partial charge in [-0.05, 0) is 143 Å². The van der Waals surface area contributed by atoms with E-state index in [0.717, 1.165) is 84.9 Å². The zero-order chi connectivity index (χ0) is 32.7. The molecule has 0 unspecified atom stereocenters. The van der Waals surface area contributed by atoms with Gasteiger partial charge in [0, 0.05) is 5.56 Å². The average molecular weight is 622 g/mol. The third-order valence-corrected chi connectivity index (χ3v) is 9.92. The topological polar surface area (TPSA) is 81.7 Å². The number of carbonyl (C=O) groups excluding carboxylic acids is 1. The lowest BCUT2D eigenvalue weighted by molar-refractivity contribution is 0.0558. The van der Waals surface area contributed by atoms with Crippen LogP contribution >= 0.6 is 0 Å². The zero-order valence-electron chi connectivity index (χ0n) is 28.1. The van der Waals surface area contributed by atoms with Crippen LogP contribution in [-0.4, -0.2) is 20.1 Å². The van der Waals surface area contributed by atoms with Crippen LogP contribution in [0.1, 0.15) is 107 Å². The second kappa shape index (κ2) is 15.1. The van der Waals surface area contributed by atoms with E-state index in [1.807, 2.05) is 32.4 Å². The summed E-state index contributed by atoms with van der Waals surface area (Å²) in [6.45, 7) is 18.5. The Hall–Kier alpha value is -3.32. The van der Waals surface area contributed by atoms with Gasteiger partial charge < -0.3 is 9.47 Å². The Morgan fingerprint density at radius 1 is 0.886 bits per heavy atom. The van der Waals surface area contributed by atoms with Gasteiger partial charge in [0.1, 0.15) is 17.1 Å². The Kier molecular flexibility index (Phi) is 12.1. The molecular weight excluding hydrogens is 570 g/mol. The maximum atomic E-state index is 12.7. The summed E-state index contributed by atoms with van der Waals surface area (Å²) in [7, 11) is -4.05. The van der Waals surface area contributed by atoms with E-state index in [9.17, 15) is 13.2 Å². The van der Waals surface area contributed by atoms with Crippen LogP contribution in [0.3, 0.4) is 0 Å². The molecule has 7 heteroatoms. The molecule has 0 saturated heterocycles. The van der Waals surface area contributed by atoms with Crippen molar-refractivity contribution in [2.45, 2.75) is 124 Å². The number of hydrogen-bond acceptors (Lipinski definition) is 5. The number of carbonyl (C=O) groups is 1. The summed E-state index contributed by atoms with van der Waals surface area (Å²) < 4.78 is 39.7. The Labute approximate surface area is 265 Å². The summed E-state index contributed by atoms with van der Waals surface area (Å²) in [4.78, 5) is 12.7. The van der Waals surface area contributed by atoms with Crippen LogP contribution in [0.15, 0.2) is 64.1 Å². The molecule has 44 heavy (non-hydrogen) atoms. The van der Waals surface area contributed by atoms with Gasteiger partial charge in [-0.15, -0.1) is 0 Å². The van der Waals surface area contributed by atoms with Gasteiger partial charge in [-0.3, -0.25) is 0 Å². The monoisotopic (exact) mass is 621 g/mol. The lowest BCUT2D eigenvalue weighted by Gasteiger charge is -2.38. The molecule has 0 aromatic heterocycles. The van der Waals surface area contributed by atoms with Crippen molar-refractivity contribution in [1.29, 1.82) is 0 Å². The highest BCUT2D eigenvalue weighted by Crippen LogP contribution is 2.45. The maximum absolute atomic E-state index is 12.7. The minimum atomic E-state index is -4.05. The SMILES string of the molecule is CC(C)=CCCC(C)=CCCC(C)=CCC[C@]1(C)CCc2c(C)c(OC(=O)NS(=O)(=O)c3ccc(C)cc3)c(C)c(C)c2O1. The maximum Gasteiger partial charge on any atom is 0.426 e. The Morgan fingerprint density at radius 2 is 1.48 bits per heavy atom. The minimum absolute atomic E-state index is 0.00509. The molecule has 6 nitrogen and oxygen atoms in total. The van der Waals surface area contributed by atoms with E-state index in [0.29, 0.717) is 5.75 Å². The summed E-state index contributed by atoms with van der Waals surface area (Å²) in [5.41, 5.74) is 8.34. The molecule has 0 saturated carbocycles. The van der Waals surface area contributed by atoms with Crippen LogP contribution < -0.4 is 14.2 Å². The molecule has 0 radical (unpaired) electrons. The molecule has 2 aromatic carbocycles. The molecular formula is C37H51NO5S. The highest BCUT2D eigenvalue weighted by atomic mass is 32.2. The van der Waals surface area contributed by atoms with E-state index < -0.39 is 16.1 Å². The van der Waals surface area contributed by atoms with Crippen LogP contribution in [0.5, 0.6) is 11.5 Å². The predicted octanol–water partition coefficient (Wildman–Crippen LogP) is 9.68. The number of aryl methyl sites for hydroxylation is 1. The number of benzene rings is 2. The summed E-state index contributed by atoms with van der Waals surface area (Å²) in [6, 6.07) is 6.29. The number of amides is 1. The highest BCUT2D eigenvalue weighted by molar-refractivity contribution is 7.90. The number of sulfonamides is 1. The van der Waals surface area contributed by atoms with E-state index in [4.69, 9.17) is 9.47 Å². The zero-order valence-corrected chi connectivity index (χ0v) is 29.0. The molecule has 0 bridgehead atoms. The predicted molar refractivity (Wildman–Crippen MR) is 180 cm³/mol. The van der Waals surface area contributed by atoms with Crippen molar-refractivity contribution in [3.05, 3.63) is 87.0 Å². The summed E-state index contributed by atoms with van der Waals surface area (Å²) >= 11 is 0. The summed E-state index contributed by atoms with van der Waals surface area (Å²) in [6.07, 6.45) is 13.9. The molecule has 1 N–H and O–H groups in total. The number of rotatable bonds is 12. The fraction of sp³-hybridized carbons (Fsp3) is 0.486. The van der Waals surface area contributed by atoms with Gasteiger partial charge in [-0.2, -0.15) is 0 Å². The molecule has 1 aliphatic rings. The van der Waals surface area contributed by atoms with Gasteiger partial charge in [0.2, 0.25) is 0 Å². The first kappa shape index (κ1) is 35.2. The van der Waals surface area contributed by atoms with E-state index in [1.54, 1.807) is 12.1 Å². The Bertz CT molecular complexity index is 1540. The first-order chi connectivity index (χ1) is 20.6. The van der Waals surface area contributed by atoms with Crippen molar-refractivity contribution in [2.75, 3.05) is 0 Å². The van der Waals surface area contributed by atoms with Crippen LogP contribution in [-0.2, 0) is 16.4 Å². The molecule has 1 aliphatic heterocycles. The van der Waals surface area contributed by atoms with E-state index >= 15 is 0 Å². The second-order valence-electron chi connectivity index (χ2n) is 12.9. The van der Waals surface area contributed by atoms with Crippen molar-refractivity contribution in [3.8, 4) is 11.5 Å². The molecule has 1 amide bonds. The standard InChI is InChI=1S/C37H51NO5S/c1-25(2)13-10-14-26(3)15-11-16-27(4)17-12-23-37(9)24-22-33-31(8)34(29(6)30(7)35(33)43-37)42-36(39)38-44(40,41)32-20-18-28(5)19-21-32/h13,15,17-21H,10-12,14,16,22-24H2,1-9H3,(H,38,39)/t37-/m1/s1. The van der Waals surface area contributed by atoms with Crippen molar-refractivity contribution in [3.63, 3.8) is 0 Å². The highest BCUT2D eigenvalue weighted by Gasteiger charge is 2.34. The number of fused-ring (bicyclic) bond motifs is 1. The van der Waals surface area contributed by atoms with Gasteiger partial charge in [0.15, 0.2) is 0 Å². The fourth-order valence-corrected chi connectivity index (χ4v) is 6.45. The summed E-state index contributed by atoms with van der Waals surface area (Å²) in [5.74, 6) is 1.23. The Morgan fingerprint density at radius 3 is 2.09 bits per heavy atom. The molecule has 0 spiro atoms. The first-order valence-electron chi connectivity index (χ1n) is 15.7. The van der Waals surface area contributed by atoms with Crippen LogP contribution in [0.25, 0.3) is 0 Å². The van der Waals surface area contributed by atoms with Gasteiger partial charge in [0.05, 0.1) is 4.90 Å². The van der Waals surface area contributed by atoms with Gasteiger partial charge >= 0.3 is 6.09 Å². The van der Waals surface area contributed by atoms with Crippen LogP contribution in [0, 0.1) is 27.7 Å². The fourth-order valence-electron chi connectivity index (χ4n) is 5.57. The van der Waals surface area contributed by atoms with Gasteiger partial charge in [-0.1, -0.05) is 52.6 Å². The second-order valence-corrected chi connectivity index (χ2v) is 14.6. The minimum Gasteiger partial charge on any atom is -0.487 e. The largest absolute Gasteiger partial charge is 0.487 e. The number of hydrogen-bond donors (Lipinski definition) is 1. The lowest BCUT2D eigenvalue weighted by atomic mass is 9.85. The van der Waals surface area contributed by atoms with Crippen molar-refractivity contribution in [1.82, 2.24) is 4.72 Å². The van der Waals surface area contributed by atoms with Gasteiger partial charge in [-0.25, -0.2) is 17.9 Å². The number of ether oxygens (including phenoxy) is 2. The first-order valence-corrected chi connectivity index (χ1v) is 17.2. The van der Waals surface area contributed by atoms with Crippen molar-refractivity contribution in [2.24, 2.45) is 0 Å². The van der Waals surface area contributed by atoms with Crippen LogP contribution in [0.2, 0.25) is 0 Å². The normalized spacial score (nSPS) is 17.0. The van der Waals surface area contributed by atoms with E-state index in [-0.39, 0.29) is 10.5 Å². The molecule has 2 aromatic rings. The molecule has 1 heterocycles. The molecule has 3 rings (SSSR count). The smallest absolute Gasteiger partial charge is 0.426 e. The van der Waals surface area contributed by atoms with Gasteiger partial charge in [0.25, 0.3) is 10.0 Å². The average Bonchev–Trinajstić information content (AvgIpc) is 2.94. The van der Waals surface area contributed by atoms with Crippen molar-refractivity contribution < 1.29 is 22.7 Å². The third kappa shape index (κ3) is 9.59. The lowest BCUT2D eigenvalue weighted by Crippen LogP contribution is -2.37. The third-order valence-electron chi connectivity index (χ3n) is 8.60. The van der Waals surface area contributed by atoms with E-state index in [2.05, 4.69) is 52.8 Å². The quantitative estimate of drug-likeness (QED) is 0.239. The van der Waals surface area contributed by atoms with Crippen LogP contribution in [0.4, 0.5) is 4.79 Å². The van der Waals surface area contributed by atoms with Crippen molar-refractivity contribution >= 4 is 16.1 Å². The molecule has 0 aliphatic carbocycles. The molecule has 240 valence electrons. The summed E-state index contributed by atoms with van der Waals surface area (Å²) in [5, 5.41) is 0. The molecule has 0 fully saturated rings.